The van der Waals surface area contributed by atoms with Crippen LogP contribution in [-0.4, -0.2) is 6.72 Å². The lowest BCUT2D eigenvalue weighted by Crippen LogP contribution is -2.25. The van der Waals surface area contributed by atoms with Crippen molar-refractivity contribution in [2.75, 3.05) is 0 Å². The lowest BCUT2D eigenvalue weighted by Gasteiger charge is -2.28. The molecule has 0 N–H and O–H groups in total. The molecule has 0 saturated heterocycles. The van der Waals surface area contributed by atoms with E-state index in [9.17, 15) is 0 Å². The van der Waals surface area contributed by atoms with Crippen molar-refractivity contribution in [2.45, 2.75) is 24.7 Å². The molecule has 2 heteroatoms. The number of benzene rings is 5. The molecule has 1 spiro atoms. The van der Waals surface area contributed by atoms with Crippen molar-refractivity contribution in [3.05, 3.63) is 179 Å². The van der Waals surface area contributed by atoms with Crippen LogP contribution in [0.2, 0.25) is 0 Å². The van der Waals surface area contributed by atoms with Gasteiger partial charge in [-0.3, -0.25) is 4.99 Å². The highest BCUT2D eigenvalue weighted by molar-refractivity contribution is 6.04. The summed E-state index contributed by atoms with van der Waals surface area (Å²) in [7, 11) is 0. The molecule has 1 unspecified atom stereocenters. The third-order valence-electron chi connectivity index (χ3n) is 9.90. The Kier molecular flexibility index (Phi) is 5.79. The van der Waals surface area contributed by atoms with Crippen molar-refractivity contribution in [1.29, 1.82) is 0 Å². The lowest BCUT2D eigenvalue weighted by molar-refractivity contribution is 0.506. The van der Waals surface area contributed by atoms with Crippen molar-refractivity contribution >= 4 is 29.0 Å². The number of aliphatic imine (C=N–C) groups is 1. The Morgan fingerprint density at radius 3 is 2.24 bits per heavy atom. The zero-order chi connectivity index (χ0) is 30.0. The number of hydrogen-bond donors (Lipinski definition) is 0. The molecule has 2 nitrogen and oxygen atoms in total. The van der Waals surface area contributed by atoms with Gasteiger partial charge in [-0.1, -0.05) is 127 Å². The van der Waals surface area contributed by atoms with Crippen LogP contribution in [0.1, 0.15) is 52.8 Å². The third-order valence-corrected chi connectivity index (χ3v) is 9.90. The summed E-state index contributed by atoms with van der Waals surface area (Å²) >= 11 is 0. The van der Waals surface area contributed by atoms with Gasteiger partial charge in [0.1, 0.15) is 16.8 Å². The fraction of sp³-hybridized carbons (Fsp3) is 0.0930. The van der Waals surface area contributed by atoms with Crippen molar-refractivity contribution in [2.24, 2.45) is 4.99 Å². The second-order valence-corrected chi connectivity index (χ2v) is 12.1. The molecule has 9 rings (SSSR count). The van der Waals surface area contributed by atoms with Gasteiger partial charge in [-0.25, -0.2) is 0 Å². The number of nitrogens with zero attached hydrogens (tertiary/aromatic N) is 1. The van der Waals surface area contributed by atoms with Crippen LogP contribution < -0.4 is 0 Å². The molecule has 3 aliphatic carbocycles. The molecule has 0 bridgehead atoms. The molecule has 0 radical (unpaired) electrons. The monoisotopic (exact) mass is 577 g/mol. The molecule has 214 valence electrons. The second kappa shape index (κ2) is 10.0. The van der Waals surface area contributed by atoms with E-state index in [1.54, 1.807) is 0 Å². The molecule has 0 amide bonds. The first-order chi connectivity index (χ1) is 22.3. The fourth-order valence-corrected chi connectivity index (χ4v) is 8.02. The van der Waals surface area contributed by atoms with E-state index in [4.69, 9.17) is 4.42 Å². The summed E-state index contributed by atoms with van der Waals surface area (Å²) in [6, 6.07) is 43.7. The highest BCUT2D eigenvalue weighted by atomic mass is 16.3. The molecule has 1 heterocycles. The van der Waals surface area contributed by atoms with Gasteiger partial charge in [0, 0.05) is 10.9 Å². The van der Waals surface area contributed by atoms with Crippen LogP contribution in [0.5, 0.6) is 0 Å². The van der Waals surface area contributed by atoms with Crippen LogP contribution in [-0.2, 0) is 5.41 Å². The standard InChI is InChI=1S/C43H31NO/c1-44-39(29-14-3-2-4-15-29)26-24-28-13-5-6-16-31(28)30-23-25-33-32-17-7-10-20-36(32)43(38(33)27-30)37-21-11-8-18-34(37)41-35-19-9-12-22-40(35)45-42(41)43/h2-4,7-23,25-27H,1,5-6,24H2/b39-26-. The summed E-state index contributed by atoms with van der Waals surface area (Å²) in [5.41, 5.74) is 15.3. The predicted octanol–water partition coefficient (Wildman–Crippen LogP) is 11.0. The minimum absolute atomic E-state index is 0.515. The maximum Gasteiger partial charge on any atom is 0.135 e. The SMILES string of the molecule is C=N/C(=C\CC1=CCCC=C1c1ccc2c(c1)C1(c3ccccc3-2)c2ccccc2-c2c1oc1ccccc21)c1ccccc1. The lowest BCUT2D eigenvalue weighted by atomic mass is 9.72. The van der Waals surface area contributed by atoms with Gasteiger partial charge < -0.3 is 4.42 Å². The van der Waals surface area contributed by atoms with E-state index in [0.29, 0.717) is 0 Å². The van der Waals surface area contributed by atoms with Crippen LogP contribution in [0.3, 0.4) is 0 Å². The van der Waals surface area contributed by atoms with Gasteiger partial charge in [-0.05, 0) is 93.8 Å². The summed E-state index contributed by atoms with van der Waals surface area (Å²) in [5.74, 6) is 1.04. The molecule has 0 saturated carbocycles. The first-order valence-corrected chi connectivity index (χ1v) is 15.8. The zero-order valence-electron chi connectivity index (χ0n) is 25.0. The Morgan fingerprint density at radius 2 is 1.40 bits per heavy atom. The summed E-state index contributed by atoms with van der Waals surface area (Å²) in [6.45, 7) is 3.87. The van der Waals surface area contributed by atoms with E-state index in [2.05, 4.69) is 133 Å². The van der Waals surface area contributed by atoms with Crippen LogP contribution in [0.4, 0.5) is 0 Å². The van der Waals surface area contributed by atoms with Crippen LogP contribution in [0.15, 0.2) is 155 Å². The summed E-state index contributed by atoms with van der Waals surface area (Å²) in [5, 5.41) is 1.18. The van der Waals surface area contributed by atoms with Crippen LogP contribution in [0.25, 0.3) is 44.5 Å². The highest BCUT2D eigenvalue weighted by Crippen LogP contribution is 2.64. The number of fused-ring (bicyclic) bond motifs is 12. The molecule has 45 heavy (non-hydrogen) atoms. The largest absolute Gasteiger partial charge is 0.459 e. The van der Waals surface area contributed by atoms with E-state index < -0.39 is 5.41 Å². The van der Waals surface area contributed by atoms with E-state index in [1.165, 1.54) is 61.0 Å². The molecule has 5 aromatic carbocycles. The summed E-state index contributed by atoms with van der Waals surface area (Å²) in [4.78, 5) is 4.37. The molecule has 1 atom stereocenters. The quantitative estimate of drug-likeness (QED) is 0.187. The van der Waals surface area contributed by atoms with Crippen molar-refractivity contribution in [3.63, 3.8) is 0 Å². The average molecular weight is 578 g/mol. The Balaban J connectivity index is 1.23. The summed E-state index contributed by atoms with van der Waals surface area (Å²) in [6.07, 6.45) is 9.91. The zero-order valence-corrected chi connectivity index (χ0v) is 25.0. The third kappa shape index (κ3) is 3.66. The minimum Gasteiger partial charge on any atom is -0.459 e. The van der Waals surface area contributed by atoms with Crippen molar-refractivity contribution in [3.8, 4) is 22.3 Å². The number of allylic oxidation sites excluding steroid dienone is 5. The van der Waals surface area contributed by atoms with Gasteiger partial charge >= 0.3 is 0 Å². The van der Waals surface area contributed by atoms with Crippen molar-refractivity contribution in [1.82, 2.24) is 0 Å². The van der Waals surface area contributed by atoms with E-state index in [0.717, 1.165) is 41.9 Å². The van der Waals surface area contributed by atoms with Crippen LogP contribution in [0, 0.1) is 0 Å². The second-order valence-electron chi connectivity index (χ2n) is 12.1. The number of rotatable bonds is 5. The van der Waals surface area contributed by atoms with E-state index in [-0.39, 0.29) is 0 Å². The van der Waals surface area contributed by atoms with Gasteiger partial charge in [-0.15, -0.1) is 0 Å². The predicted molar refractivity (Wildman–Crippen MR) is 186 cm³/mol. The molecule has 1 aromatic heterocycles. The molecular weight excluding hydrogens is 546 g/mol. The van der Waals surface area contributed by atoms with Crippen LogP contribution >= 0.6 is 0 Å². The van der Waals surface area contributed by atoms with Crippen molar-refractivity contribution < 1.29 is 4.42 Å². The van der Waals surface area contributed by atoms with E-state index in [1.807, 2.05) is 18.2 Å². The Labute approximate surface area is 263 Å². The maximum absolute atomic E-state index is 6.92. The maximum atomic E-state index is 6.92. The Morgan fingerprint density at radius 1 is 0.711 bits per heavy atom. The molecule has 0 aliphatic heterocycles. The van der Waals surface area contributed by atoms with Gasteiger partial charge in [0.25, 0.3) is 0 Å². The first-order valence-electron chi connectivity index (χ1n) is 15.8. The Bertz CT molecular complexity index is 2260. The van der Waals surface area contributed by atoms with Gasteiger partial charge in [0.2, 0.25) is 0 Å². The molecule has 3 aliphatic rings. The number of hydrogen-bond acceptors (Lipinski definition) is 2. The van der Waals surface area contributed by atoms with Gasteiger partial charge in [0.15, 0.2) is 0 Å². The summed E-state index contributed by atoms with van der Waals surface area (Å²) < 4.78 is 6.92. The number of para-hydroxylation sites is 1. The highest BCUT2D eigenvalue weighted by Gasteiger charge is 2.55. The van der Waals surface area contributed by atoms with E-state index >= 15 is 0 Å². The van der Waals surface area contributed by atoms with Gasteiger partial charge in [-0.2, -0.15) is 0 Å². The fourth-order valence-electron chi connectivity index (χ4n) is 8.02. The topological polar surface area (TPSA) is 25.5 Å². The molecular formula is C43H31NO. The first kappa shape index (κ1) is 26.0. The smallest absolute Gasteiger partial charge is 0.135 e. The Hall–Kier alpha value is -5.47. The van der Waals surface area contributed by atoms with Gasteiger partial charge in [0.05, 0.1) is 5.70 Å². The normalized spacial score (nSPS) is 17.8. The average Bonchev–Trinajstić information content (AvgIpc) is 3.73. The molecule has 6 aromatic rings. The minimum atomic E-state index is -0.515. The number of furan rings is 1. The molecule has 0 fully saturated rings.